The second-order valence-corrected chi connectivity index (χ2v) is 5.92. The second-order valence-electron chi connectivity index (χ2n) is 5.92. The summed E-state index contributed by atoms with van der Waals surface area (Å²) in [4.78, 5) is 0. The molecule has 0 aliphatic carbocycles. The molecule has 0 heterocycles. The van der Waals surface area contributed by atoms with Gasteiger partial charge in [-0.3, -0.25) is 0 Å². The first-order chi connectivity index (χ1) is 8.02. The molecule has 2 nitrogen and oxygen atoms in total. The molecule has 0 bridgehead atoms. The van der Waals surface area contributed by atoms with Crippen molar-refractivity contribution in [1.29, 1.82) is 0 Å². The van der Waals surface area contributed by atoms with E-state index in [0.29, 0.717) is 0 Å². The van der Waals surface area contributed by atoms with Crippen molar-refractivity contribution in [2.75, 3.05) is 40.8 Å². The summed E-state index contributed by atoms with van der Waals surface area (Å²) in [6.45, 7) is 8.20. The van der Waals surface area contributed by atoms with Gasteiger partial charge >= 0.3 is 0 Å². The quantitative estimate of drug-likeness (QED) is 0.240. The van der Waals surface area contributed by atoms with Gasteiger partial charge in [0.25, 0.3) is 0 Å². The molecule has 0 amide bonds. The van der Waals surface area contributed by atoms with Crippen molar-refractivity contribution in [3.8, 4) is 0 Å². The van der Waals surface area contributed by atoms with Crippen LogP contribution in [-0.2, 0) is 0 Å². The van der Waals surface area contributed by atoms with E-state index in [0.717, 1.165) is 11.0 Å². The van der Waals surface area contributed by atoms with E-state index in [-0.39, 0.29) is 0 Å². The first kappa shape index (κ1) is 16.6. The predicted molar refractivity (Wildman–Crippen MR) is 78.0 cm³/mol. The Kier molecular flexibility index (Phi) is 9.43. The van der Waals surface area contributed by atoms with Gasteiger partial charge in [-0.1, -0.05) is 26.7 Å². The zero-order valence-corrected chi connectivity index (χ0v) is 12.8. The van der Waals surface area contributed by atoms with E-state index >= 15 is 0 Å². The van der Waals surface area contributed by atoms with Crippen LogP contribution in [0.2, 0.25) is 0 Å². The normalized spacial score (nSPS) is 13.1. The summed E-state index contributed by atoms with van der Waals surface area (Å²) >= 11 is 0. The predicted octanol–water partition coefficient (Wildman–Crippen LogP) is 3.16. The first-order valence-corrected chi connectivity index (χ1v) is 7.37. The highest BCUT2D eigenvalue weighted by Gasteiger charge is 2.14. The van der Waals surface area contributed by atoms with E-state index in [2.05, 4.69) is 45.8 Å². The summed E-state index contributed by atoms with van der Waals surface area (Å²) in [5.74, 6) is 0. The Morgan fingerprint density at radius 1 is 0.941 bits per heavy atom. The van der Waals surface area contributed by atoms with Gasteiger partial charge in [-0.25, -0.2) is 4.58 Å². The van der Waals surface area contributed by atoms with E-state index in [1.165, 1.54) is 51.6 Å². The Balaban J connectivity index is 3.83. The zero-order chi connectivity index (χ0) is 13.1. The molecular weight excluding hydrogens is 208 g/mol. The molecule has 0 rings (SSSR count). The molecule has 0 aromatic carbocycles. The van der Waals surface area contributed by atoms with Gasteiger partial charge in [0.15, 0.2) is 12.8 Å². The molecule has 0 atom stereocenters. The molecule has 0 aliphatic heterocycles. The summed E-state index contributed by atoms with van der Waals surface area (Å²) in [5, 5.41) is 0. The molecule has 0 saturated carbocycles. The first-order valence-electron chi connectivity index (χ1n) is 7.37. The number of rotatable bonds is 10. The van der Waals surface area contributed by atoms with Crippen LogP contribution in [0.4, 0.5) is 0 Å². The van der Waals surface area contributed by atoms with Gasteiger partial charge < -0.3 is 4.48 Å². The molecule has 102 valence electrons. The molecule has 0 fully saturated rings. The summed E-state index contributed by atoms with van der Waals surface area (Å²) < 4.78 is 3.49. The van der Waals surface area contributed by atoms with E-state index in [1.54, 1.807) is 0 Å². The van der Waals surface area contributed by atoms with Crippen LogP contribution in [-0.4, -0.2) is 56.1 Å². The molecule has 0 aliphatic rings. The fourth-order valence-corrected chi connectivity index (χ4v) is 1.94. The van der Waals surface area contributed by atoms with Gasteiger partial charge in [0.05, 0.1) is 20.6 Å². The lowest BCUT2D eigenvalue weighted by Gasteiger charge is -2.27. The van der Waals surface area contributed by atoms with Crippen molar-refractivity contribution in [2.24, 2.45) is 0 Å². The molecule has 0 radical (unpaired) electrons. The summed E-state index contributed by atoms with van der Waals surface area (Å²) in [5.41, 5.74) is 0. The molecule has 2 heteroatoms. The number of unbranched alkanes of at least 4 members (excludes halogenated alkanes) is 4. The van der Waals surface area contributed by atoms with Crippen molar-refractivity contribution in [2.45, 2.75) is 52.4 Å². The Hall–Kier alpha value is -0.370. The molecule has 0 aromatic heterocycles. The van der Waals surface area contributed by atoms with Gasteiger partial charge in [0.1, 0.15) is 13.6 Å². The lowest BCUT2D eigenvalue weighted by molar-refractivity contribution is -0.882. The highest BCUT2D eigenvalue weighted by molar-refractivity contribution is 5.52. The standard InChI is InChI=1S/C15H34N2/c1-6-8-10-12-16(3)13-15-17(4,5)14-11-9-7-2/h13H,6-12,14-15H2,1-5H3/q+2/b16-13-. The van der Waals surface area contributed by atoms with Crippen LogP contribution in [0.25, 0.3) is 0 Å². The average molecular weight is 242 g/mol. The Labute approximate surface area is 109 Å². The van der Waals surface area contributed by atoms with Crippen LogP contribution in [0.15, 0.2) is 0 Å². The Morgan fingerprint density at radius 3 is 2.12 bits per heavy atom. The van der Waals surface area contributed by atoms with E-state index in [1.807, 2.05) is 0 Å². The molecule has 0 N–H and O–H groups in total. The number of nitrogens with zero attached hydrogens (tertiary/aromatic N) is 2. The summed E-state index contributed by atoms with van der Waals surface area (Å²) in [6.07, 6.45) is 10.4. The van der Waals surface area contributed by atoms with Gasteiger partial charge in [-0.2, -0.15) is 0 Å². The van der Waals surface area contributed by atoms with E-state index in [4.69, 9.17) is 0 Å². The molecule has 0 unspecified atom stereocenters. The smallest absolute Gasteiger partial charge is 0.194 e. The van der Waals surface area contributed by atoms with Crippen molar-refractivity contribution in [3.63, 3.8) is 0 Å². The summed E-state index contributed by atoms with van der Waals surface area (Å²) in [6, 6.07) is 0. The third-order valence-electron chi connectivity index (χ3n) is 3.37. The van der Waals surface area contributed by atoms with Crippen LogP contribution in [0.1, 0.15) is 52.4 Å². The second kappa shape index (κ2) is 9.64. The van der Waals surface area contributed by atoms with Crippen molar-refractivity contribution in [3.05, 3.63) is 0 Å². The number of hydrogen-bond donors (Lipinski definition) is 0. The third-order valence-corrected chi connectivity index (χ3v) is 3.37. The fourth-order valence-electron chi connectivity index (χ4n) is 1.94. The minimum absolute atomic E-state index is 1.12. The minimum Gasteiger partial charge on any atom is -0.320 e. The van der Waals surface area contributed by atoms with Crippen LogP contribution >= 0.6 is 0 Å². The molecule has 17 heavy (non-hydrogen) atoms. The van der Waals surface area contributed by atoms with Crippen LogP contribution < -0.4 is 0 Å². The topological polar surface area (TPSA) is 3.01 Å². The molecular formula is C15H34N2+2. The van der Waals surface area contributed by atoms with Crippen LogP contribution in [0.5, 0.6) is 0 Å². The summed E-state index contributed by atoms with van der Waals surface area (Å²) in [7, 11) is 6.89. The monoisotopic (exact) mass is 242 g/mol. The van der Waals surface area contributed by atoms with Gasteiger partial charge in [0.2, 0.25) is 0 Å². The highest BCUT2D eigenvalue weighted by atomic mass is 15.3. The average Bonchev–Trinajstić information content (AvgIpc) is 2.27. The molecule has 0 spiro atoms. The lowest BCUT2D eigenvalue weighted by atomic mass is 10.2. The third kappa shape index (κ3) is 10.5. The number of hydrogen-bond acceptors (Lipinski definition) is 0. The fraction of sp³-hybridized carbons (Fsp3) is 0.933. The molecule has 0 saturated heterocycles. The highest BCUT2D eigenvalue weighted by Crippen LogP contribution is 2.02. The Bertz CT molecular complexity index is 207. The van der Waals surface area contributed by atoms with E-state index < -0.39 is 0 Å². The maximum atomic E-state index is 2.38. The maximum absolute atomic E-state index is 2.38. The Morgan fingerprint density at radius 2 is 1.53 bits per heavy atom. The van der Waals surface area contributed by atoms with Crippen LogP contribution in [0.3, 0.4) is 0 Å². The van der Waals surface area contributed by atoms with Crippen molar-refractivity contribution < 1.29 is 9.06 Å². The molecule has 0 aromatic rings. The number of quaternary nitrogens is 1. The SMILES string of the molecule is CCCCC/[N+](C)=C\C[N+](C)(C)CCCCC. The maximum Gasteiger partial charge on any atom is 0.194 e. The van der Waals surface area contributed by atoms with Crippen molar-refractivity contribution >= 4 is 6.21 Å². The minimum atomic E-state index is 1.12. The van der Waals surface area contributed by atoms with Gasteiger partial charge in [-0.05, 0) is 19.3 Å². The lowest BCUT2D eigenvalue weighted by Crippen LogP contribution is -2.43. The van der Waals surface area contributed by atoms with Crippen molar-refractivity contribution in [1.82, 2.24) is 0 Å². The zero-order valence-electron chi connectivity index (χ0n) is 12.8. The largest absolute Gasteiger partial charge is 0.320 e. The van der Waals surface area contributed by atoms with Gasteiger partial charge in [-0.15, -0.1) is 0 Å². The van der Waals surface area contributed by atoms with Crippen LogP contribution in [0, 0.1) is 0 Å². The van der Waals surface area contributed by atoms with E-state index in [9.17, 15) is 0 Å². The van der Waals surface area contributed by atoms with Gasteiger partial charge in [0, 0.05) is 6.42 Å².